The molecule has 2 rings (SSSR count). The first-order chi connectivity index (χ1) is 6.68. The molecule has 14 heavy (non-hydrogen) atoms. The lowest BCUT2D eigenvalue weighted by Crippen LogP contribution is -2.13. The van der Waals surface area contributed by atoms with E-state index in [1.54, 1.807) is 6.07 Å². The van der Waals surface area contributed by atoms with E-state index in [4.69, 9.17) is 5.73 Å². The van der Waals surface area contributed by atoms with Crippen LogP contribution in [0.2, 0.25) is 0 Å². The van der Waals surface area contributed by atoms with Crippen molar-refractivity contribution in [2.24, 2.45) is 5.73 Å². The highest BCUT2D eigenvalue weighted by Crippen LogP contribution is 2.21. The van der Waals surface area contributed by atoms with Gasteiger partial charge in [0.15, 0.2) is 0 Å². The standard InChI is InChI=1S/C10H6BrN2O/c11-7-2-1-6-3-4-13-9(10(12)14)8(6)5-7/h1-3,5H,(H2,12,14). The lowest BCUT2D eigenvalue weighted by atomic mass is 10.1. The number of amides is 1. The number of carbonyl (C=O) groups is 1. The van der Waals surface area contributed by atoms with Crippen molar-refractivity contribution in [1.82, 2.24) is 4.98 Å². The van der Waals surface area contributed by atoms with Crippen molar-refractivity contribution in [1.29, 1.82) is 0 Å². The van der Waals surface area contributed by atoms with Gasteiger partial charge in [-0.25, -0.2) is 4.98 Å². The Labute approximate surface area is 89.1 Å². The maximum atomic E-state index is 11.1. The number of carbonyl (C=O) groups excluding carboxylic acids is 1. The van der Waals surface area contributed by atoms with Crippen LogP contribution in [-0.2, 0) is 0 Å². The van der Waals surface area contributed by atoms with Crippen LogP contribution in [0.3, 0.4) is 0 Å². The van der Waals surface area contributed by atoms with E-state index in [1.807, 2.05) is 18.2 Å². The normalized spacial score (nSPS) is 10.4. The second-order valence-electron chi connectivity index (χ2n) is 2.83. The fraction of sp³-hybridized carbons (Fsp3) is 0. The van der Waals surface area contributed by atoms with Gasteiger partial charge in [-0.05, 0) is 23.6 Å². The van der Waals surface area contributed by atoms with Gasteiger partial charge in [0.2, 0.25) is 0 Å². The van der Waals surface area contributed by atoms with Crippen LogP contribution in [-0.4, -0.2) is 10.9 Å². The van der Waals surface area contributed by atoms with E-state index in [1.165, 1.54) is 0 Å². The monoisotopic (exact) mass is 249 g/mol. The minimum Gasteiger partial charge on any atom is -0.364 e. The number of benzene rings is 1. The molecule has 0 fully saturated rings. The third-order valence-corrected chi connectivity index (χ3v) is 2.39. The number of halogens is 1. The molecule has 0 aliphatic rings. The smallest absolute Gasteiger partial charge is 0.267 e. The molecule has 3 nitrogen and oxygen atoms in total. The zero-order valence-corrected chi connectivity index (χ0v) is 8.71. The number of rotatable bonds is 1. The van der Waals surface area contributed by atoms with Crippen molar-refractivity contribution in [3.05, 3.63) is 40.6 Å². The third-order valence-electron chi connectivity index (χ3n) is 1.90. The minimum atomic E-state index is -0.537. The van der Waals surface area contributed by atoms with Gasteiger partial charge in [-0.2, -0.15) is 0 Å². The van der Waals surface area contributed by atoms with Gasteiger partial charge in [-0.1, -0.05) is 22.0 Å². The van der Waals surface area contributed by atoms with Crippen LogP contribution >= 0.6 is 15.9 Å². The van der Waals surface area contributed by atoms with Crippen LogP contribution in [0, 0.1) is 6.20 Å². The van der Waals surface area contributed by atoms with Gasteiger partial charge >= 0.3 is 0 Å². The van der Waals surface area contributed by atoms with E-state index >= 15 is 0 Å². The number of primary amides is 1. The Morgan fingerprint density at radius 3 is 3.00 bits per heavy atom. The molecule has 0 unspecified atom stereocenters. The molecule has 0 aliphatic carbocycles. The van der Waals surface area contributed by atoms with Crippen LogP contribution in [0.4, 0.5) is 0 Å². The Balaban J connectivity index is 2.84. The van der Waals surface area contributed by atoms with E-state index < -0.39 is 5.91 Å². The summed E-state index contributed by atoms with van der Waals surface area (Å²) in [4.78, 5) is 14.9. The lowest BCUT2D eigenvalue weighted by molar-refractivity contribution is 0.0997. The molecular weight excluding hydrogens is 244 g/mol. The quantitative estimate of drug-likeness (QED) is 0.840. The molecule has 2 N–H and O–H groups in total. The minimum absolute atomic E-state index is 0.254. The molecule has 4 heteroatoms. The Kier molecular flexibility index (Phi) is 2.21. The summed E-state index contributed by atoms with van der Waals surface area (Å²) in [7, 11) is 0. The highest BCUT2D eigenvalue weighted by atomic mass is 79.9. The summed E-state index contributed by atoms with van der Waals surface area (Å²) < 4.78 is 0.889. The molecule has 1 radical (unpaired) electrons. The zero-order chi connectivity index (χ0) is 10.1. The summed E-state index contributed by atoms with van der Waals surface area (Å²) in [6, 6.07) is 7.30. The first-order valence-corrected chi connectivity index (χ1v) is 4.74. The van der Waals surface area contributed by atoms with Crippen LogP contribution in [0.15, 0.2) is 28.7 Å². The second-order valence-corrected chi connectivity index (χ2v) is 3.75. The van der Waals surface area contributed by atoms with Gasteiger partial charge in [-0.15, -0.1) is 0 Å². The van der Waals surface area contributed by atoms with Gasteiger partial charge < -0.3 is 5.73 Å². The Morgan fingerprint density at radius 1 is 1.50 bits per heavy atom. The molecule has 1 aromatic heterocycles. The summed E-state index contributed by atoms with van der Waals surface area (Å²) >= 11 is 3.33. The summed E-state index contributed by atoms with van der Waals surface area (Å²) in [6.45, 7) is 0. The molecule has 0 atom stereocenters. The maximum absolute atomic E-state index is 11.1. The maximum Gasteiger partial charge on any atom is 0.267 e. The summed E-state index contributed by atoms with van der Waals surface area (Å²) in [5.41, 5.74) is 5.45. The van der Waals surface area contributed by atoms with Gasteiger partial charge in [0.25, 0.3) is 5.91 Å². The van der Waals surface area contributed by atoms with Crippen LogP contribution in [0.5, 0.6) is 0 Å². The van der Waals surface area contributed by atoms with Crippen molar-refractivity contribution in [3.63, 3.8) is 0 Å². The highest BCUT2D eigenvalue weighted by molar-refractivity contribution is 9.10. The molecule has 0 spiro atoms. The van der Waals surface area contributed by atoms with E-state index in [2.05, 4.69) is 27.1 Å². The fourth-order valence-electron chi connectivity index (χ4n) is 1.27. The molecule has 1 aromatic carbocycles. The Morgan fingerprint density at radius 2 is 2.29 bits per heavy atom. The topological polar surface area (TPSA) is 56.0 Å². The summed E-state index contributed by atoms with van der Waals surface area (Å²) in [5, 5.41) is 1.64. The predicted octanol–water partition coefficient (Wildman–Crippen LogP) is 1.90. The average molecular weight is 250 g/mol. The van der Waals surface area contributed by atoms with Crippen molar-refractivity contribution >= 4 is 32.6 Å². The van der Waals surface area contributed by atoms with Crippen molar-refractivity contribution in [2.45, 2.75) is 0 Å². The first-order valence-electron chi connectivity index (χ1n) is 3.94. The summed E-state index contributed by atoms with van der Waals surface area (Å²) in [5.74, 6) is -0.537. The molecule has 0 bridgehead atoms. The van der Waals surface area contributed by atoms with Crippen molar-refractivity contribution in [3.8, 4) is 0 Å². The molecule has 0 saturated heterocycles. The molecule has 69 valence electrons. The number of nitrogens with zero attached hydrogens (tertiary/aromatic N) is 1. The van der Waals surface area contributed by atoms with Crippen LogP contribution in [0.1, 0.15) is 10.5 Å². The molecule has 1 amide bonds. The van der Waals surface area contributed by atoms with Crippen LogP contribution in [0.25, 0.3) is 10.8 Å². The van der Waals surface area contributed by atoms with E-state index in [0.717, 1.165) is 15.2 Å². The van der Waals surface area contributed by atoms with E-state index in [-0.39, 0.29) is 5.69 Å². The fourth-order valence-corrected chi connectivity index (χ4v) is 1.63. The van der Waals surface area contributed by atoms with Crippen LogP contribution < -0.4 is 5.73 Å². The van der Waals surface area contributed by atoms with Gasteiger partial charge in [-0.3, -0.25) is 4.79 Å². The highest BCUT2D eigenvalue weighted by Gasteiger charge is 2.07. The summed E-state index contributed by atoms with van der Waals surface area (Å²) in [6.07, 6.45) is 2.64. The Hall–Kier alpha value is -1.42. The largest absolute Gasteiger partial charge is 0.364 e. The first kappa shape index (κ1) is 9.15. The number of aromatic nitrogens is 1. The van der Waals surface area contributed by atoms with E-state index in [0.29, 0.717) is 0 Å². The molecule has 0 saturated carbocycles. The van der Waals surface area contributed by atoms with Gasteiger partial charge in [0.05, 0.1) is 6.20 Å². The number of pyridine rings is 1. The van der Waals surface area contributed by atoms with E-state index in [9.17, 15) is 4.79 Å². The number of fused-ring (bicyclic) bond motifs is 1. The Bertz CT molecular complexity index is 510. The van der Waals surface area contributed by atoms with Crippen molar-refractivity contribution in [2.75, 3.05) is 0 Å². The number of nitrogens with two attached hydrogens (primary N) is 1. The number of hydrogen-bond acceptors (Lipinski definition) is 2. The number of hydrogen-bond donors (Lipinski definition) is 1. The molecular formula is C10H6BrN2O. The SMILES string of the molecule is NC(=O)c1n[c]cc2ccc(Br)cc12. The zero-order valence-electron chi connectivity index (χ0n) is 7.12. The molecule has 2 aromatic rings. The van der Waals surface area contributed by atoms with Gasteiger partial charge in [0, 0.05) is 9.86 Å². The average Bonchev–Trinajstić information content (AvgIpc) is 2.16. The van der Waals surface area contributed by atoms with Crippen molar-refractivity contribution < 1.29 is 4.79 Å². The molecule has 0 aliphatic heterocycles. The predicted molar refractivity (Wildman–Crippen MR) is 56.8 cm³/mol. The van der Waals surface area contributed by atoms with Gasteiger partial charge in [0.1, 0.15) is 5.69 Å². The third kappa shape index (κ3) is 1.48. The lowest BCUT2D eigenvalue weighted by Gasteiger charge is -2.01. The molecule has 1 heterocycles. The second kappa shape index (κ2) is 3.38.